The fourth-order valence-corrected chi connectivity index (χ4v) is 3.62. The lowest BCUT2D eigenvalue weighted by Gasteiger charge is -2.23. The molecule has 9 heteroatoms. The normalized spacial score (nSPS) is 11.0. The molecule has 0 heterocycles. The van der Waals surface area contributed by atoms with E-state index in [4.69, 9.17) is 15.3 Å². The predicted molar refractivity (Wildman–Crippen MR) is 147 cm³/mol. The zero-order chi connectivity index (χ0) is 27.3. The highest BCUT2D eigenvalue weighted by Gasteiger charge is 2.13. The topological polar surface area (TPSA) is 126 Å². The summed E-state index contributed by atoms with van der Waals surface area (Å²) in [4.78, 5) is 14.7. The van der Waals surface area contributed by atoms with E-state index in [0.717, 1.165) is 16.8 Å². The van der Waals surface area contributed by atoms with Crippen LogP contribution in [-0.4, -0.2) is 31.9 Å². The average molecular weight is 508 g/mol. The highest BCUT2D eigenvalue weighted by atomic mass is 16.5. The van der Waals surface area contributed by atoms with Crippen LogP contribution in [0.5, 0.6) is 5.75 Å². The molecule has 0 unspecified atom stereocenters. The number of nitriles is 2. The number of hydrazone groups is 1. The molecule has 3 aromatic rings. The van der Waals surface area contributed by atoms with Gasteiger partial charge in [0.1, 0.15) is 5.75 Å². The monoisotopic (exact) mass is 507 g/mol. The van der Waals surface area contributed by atoms with Gasteiger partial charge >= 0.3 is 0 Å². The van der Waals surface area contributed by atoms with Crippen molar-refractivity contribution >= 4 is 23.1 Å². The summed E-state index contributed by atoms with van der Waals surface area (Å²) in [5.41, 5.74) is 7.06. The number of anilines is 1. The quantitative estimate of drug-likeness (QED) is 0.160. The van der Waals surface area contributed by atoms with Crippen LogP contribution in [0.1, 0.15) is 39.9 Å². The molecule has 0 aromatic heterocycles. The van der Waals surface area contributed by atoms with Crippen LogP contribution in [0.4, 0.5) is 11.4 Å². The van der Waals surface area contributed by atoms with Gasteiger partial charge in [-0.15, -0.1) is 15.3 Å². The van der Waals surface area contributed by atoms with Gasteiger partial charge in [-0.3, -0.25) is 4.79 Å². The van der Waals surface area contributed by atoms with Crippen molar-refractivity contribution in [3.05, 3.63) is 89.0 Å². The van der Waals surface area contributed by atoms with Gasteiger partial charge in [0, 0.05) is 36.0 Å². The molecule has 0 aliphatic rings. The van der Waals surface area contributed by atoms with Gasteiger partial charge in [0.2, 0.25) is 5.84 Å². The Balaban J connectivity index is 1.95. The Morgan fingerprint density at radius 3 is 2.32 bits per heavy atom. The maximum atomic E-state index is 12.7. The molecular weight excluding hydrogens is 478 g/mol. The summed E-state index contributed by atoms with van der Waals surface area (Å²) in [5.74, 6) is 0.494. The first kappa shape index (κ1) is 27.6. The lowest BCUT2D eigenvalue weighted by atomic mass is 10.1. The summed E-state index contributed by atoms with van der Waals surface area (Å²) in [6.45, 7) is 4.88. The smallest absolute Gasteiger partial charge is 0.271 e. The lowest BCUT2D eigenvalue weighted by Crippen LogP contribution is -2.25. The van der Waals surface area contributed by atoms with Gasteiger partial charge in [-0.05, 0) is 61.9 Å². The van der Waals surface area contributed by atoms with Crippen LogP contribution in [0.3, 0.4) is 0 Å². The average Bonchev–Trinajstić information content (AvgIpc) is 2.94. The molecule has 0 atom stereocenters. The molecule has 0 aliphatic heterocycles. The van der Waals surface area contributed by atoms with Crippen LogP contribution in [0.15, 0.2) is 82.1 Å². The van der Waals surface area contributed by atoms with Gasteiger partial charge in [0.15, 0.2) is 0 Å². The predicted octanol–water partition coefficient (Wildman–Crippen LogP) is 5.82. The van der Waals surface area contributed by atoms with Crippen LogP contribution in [0, 0.1) is 36.5 Å². The highest BCUT2D eigenvalue weighted by Crippen LogP contribution is 2.23. The lowest BCUT2D eigenvalue weighted by molar-refractivity contribution is 0.0955. The number of carbonyl (C=O) groups excluding carboxylic acids is 1. The zero-order valence-corrected chi connectivity index (χ0v) is 21.7. The molecule has 0 aliphatic carbocycles. The molecular formula is C29H29N7O2. The SMILES string of the molecule is COc1cccc(N=N/C(=N\NC(=O)c2ccc(C)cc2)c2ccc(N(CCC#N)CCC#N)cc2C)c1. The van der Waals surface area contributed by atoms with Crippen molar-refractivity contribution in [2.24, 2.45) is 15.3 Å². The molecule has 0 bridgehead atoms. The van der Waals surface area contributed by atoms with Crippen molar-refractivity contribution in [3.8, 4) is 17.9 Å². The highest BCUT2D eigenvalue weighted by molar-refractivity contribution is 6.02. The third-order valence-electron chi connectivity index (χ3n) is 5.69. The summed E-state index contributed by atoms with van der Waals surface area (Å²) >= 11 is 0. The number of azo groups is 1. The van der Waals surface area contributed by atoms with Crippen LogP contribution >= 0.6 is 0 Å². The number of aryl methyl sites for hydroxylation is 2. The van der Waals surface area contributed by atoms with Crippen molar-refractivity contribution in [1.29, 1.82) is 10.5 Å². The van der Waals surface area contributed by atoms with Gasteiger partial charge in [0.25, 0.3) is 5.91 Å². The fraction of sp³-hybridized carbons (Fsp3) is 0.241. The second-order valence-electron chi connectivity index (χ2n) is 8.45. The molecule has 38 heavy (non-hydrogen) atoms. The number of carbonyl (C=O) groups is 1. The summed E-state index contributed by atoms with van der Waals surface area (Å²) in [6, 6.07) is 24.3. The summed E-state index contributed by atoms with van der Waals surface area (Å²) in [5, 5.41) is 31.0. The van der Waals surface area contributed by atoms with E-state index in [-0.39, 0.29) is 11.7 Å². The number of hydrogen-bond donors (Lipinski definition) is 1. The number of amides is 1. The van der Waals surface area contributed by atoms with Gasteiger partial charge < -0.3 is 9.64 Å². The molecule has 3 rings (SSSR count). The standard InChI is InChI=1S/C29H29N7O2/c1-21-9-11-23(12-10-21)29(37)35-34-28(33-32-24-7-4-8-26(20-24)38-3)27-14-13-25(19-22(27)2)36(17-5-15-30)18-6-16-31/h4,7-14,19-20H,5-6,17-18H2,1-3H3,(H,35,37)/b33-32?,34-28-. The van der Waals surface area contributed by atoms with E-state index in [9.17, 15) is 4.79 Å². The summed E-state index contributed by atoms with van der Waals surface area (Å²) in [6.07, 6.45) is 0.692. The van der Waals surface area contributed by atoms with E-state index in [1.165, 1.54) is 0 Å². The Labute approximate surface area is 222 Å². The number of ether oxygens (including phenoxy) is 1. The minimum Gasteiger partial charge on any atom is -0.497 e. The number of rotatable bonds is 10. The van der Waals surface area contributed by atoms with E-state index >= 15 is 0 Å². The molecule has 0 spiro atoms. The van der Waals surface area contributed by atoms with Crippen LogP contribution in [-0.2, 0) is 0 Å². The third kappa shape index (κ3) is 7.74. The first-order valence-corrected chi connectivity index (χ1v) is 12.1. The van der Waals surface area contributed by atoms with E-state index in [1.54, 1.807) is 37.4 Å². The third-order valence-corrected chi connectivity index (χ3v) is 5.69. The molecule has 3 aromatic carbocycles. The fourth-order valence-electron chi connectivity index (χ4n) is 3.62. The first-order valence-electron chi connectivity index (χ1n) is 12.1. The molecule has 1 amide bonds. The van der Waals surface area contributed by atoms with Crippen molar-refractivity contribution in [2.75, 3.05) is 25.1 Å². The molecule has 0 fully saturated rings. The Kier molecular flexibility index (Phi) is 10.1. The molecule has 192 valence electrons. The van der Waals surface area contributed by atoms with E-state index < -0.39 is 0 Å². The van der Waals surface area contributed by atoms with Crippen molar-refractivity contribution < 1.29 is 9.53 Å². The number of nitrogens with one attached hydrogen (secondary N) is 1. The van der Waals surface area contributed by atoms with Gasteiger partial charge in [-0.1, -0.05) is 23.8 Å². The maximum Gasteiger partial charge on any atom is 0.271 e. The maximum absolute atomic E-state index is 12.7. The van der Waals surface area contributed by atoms with Crippen LogP contribution < -0.4 is 15.1 Å². The minimum atomic E-state index is -0.368. The summed E-state index contributed by atoms with van der Waals surface area (Å²) < 4.78 is 5.26. The second kappa shape index (κ2) is 13.9. The summed E-state index contributed by atoms with van der Waals surface area (Å²) in [7, 11) is 1.57. The van der Waals surface area contributed by atoms with Crippen molar-refractivity contribution in [1.82, 2.24) is 5.43 Å². The Morgan fingerprint density at radius 1 is 0.974 bits per heavy atom. The first-order chi connectivity index (χ1) is 18.4. The van der Waals surface area contributed by atoms with Crippen molar-refractivity contribution in [3.63, 3.8) is 0 Å². The zero-order valence-electron chi connectivity index (χ0n) is 21.7. The van der Waals surface area contributed by atoms with Gasteiger partial charge in [-0.25, -0.2) is 5.43 Å². The molecule has 9 nitrogen and oxygen atoms in total. The number of benzene rings is 3. The number of nitrogens with zero attached hydrogens (tertiary/aromatic N) is 6. The molecule has 1 N–H and O–H groups in total. The van der Waals surface area contributed by atoms with Crippen LogP contribution in [0.25, 0.3) is 0 Å². The van der Waals surface area contributed by atoms with Crippen molar-refractivity contribution in [2.45, 2.75) is 26.7 Å². The Morgan fingerprint density at radius 2 is 1.68 bits per heavy atom. The number of hydrogen-bond acceptors (Lipinski definition) is 7. The molecule has 0 radical (unpaired) electrons. The van der Waals surface area contributed by atoms with E-state index in [2.05, 4.69) is 32.9 Å². The molecule has 0 saturated carbocycles. The largest absolute Gasteiger partial charge is 0.497 e. The number of methoxy groups -OCH3 is 1. The minimum absolute atomic E-state index is 0.220. The van der Waals surface area contributed by atoms with E-state index in [0.29, 0.717) is 48.5 Å². The Hall–Kier alpha value is -5.02. The number of amidine groups is 1. The van der Waals surface area contributed by atoms with Gasteiger partial charge in [0.05, 0.1) is 37.8 Å². The second-order valence-corrected chi connectivity index (χ2v) is 8.45. The van der Waals surface area contributed by atoms with Gasteiger partial charge in [-0.2, -0.15) is 10.5 Å². The van der Waals surface area contributed by atoms with Crippen LogP contribution in [0.2, 0.25) is 0 Å². The molecule has 0 saturated heterocycles. The van der Waals surface area contributed by atoms with E-state index in [1.807, 2.05) is 55.1 Å². The Bertz CT molecular complexity index is 1380.